The largest absolute Gasteiger partial charge is 0.508 e. The fourth-order valence-corrected chi connectivity index (χ4v) is 2.53. The topological polar surface area (TPSA) is 64.3 Å². The van der Waals surface area contributed by atoms with Crippen molar-refractivity contribution in [3.63, 3.8) is 0 Å². The molecule has 0 amide bonds. The fraction of sp³-hybridized carbons (Fsp3) is 0.375. The Kier molecular flexibility index (Phi) is 4.01. The van der Waals surface area contributed by atoms with Crippen LogP contribution in [0.4, 0.5) is 0 Å². The highest BCUT2D eigenvalue weighted by atomic mass is 16.5. The van der Waals surface area contributed by atoms with Crippen LogP contribution in [-0.2, 0) is 11.3 Å². The van der Waals surface area contributed by atoms with Crippen molar-refractivity contribution in [1.29, 1.82) is 0 Å². The summed E-state index contributed by atoms with van der Waals surface area (Å²) in [5, 5.41) is 9.28. The first kappa shape index (κ1) is 13.8. The molecular weight excluding hydrogens is 268 g/mol. The van der Waals surface area contributed by atoms with Crippen LogP contribution in [0.25, 0.3) is 11.3 Å². The maximum absolute atomic E-state index is 12.1. The second-order valence-corrected chi connectivity index (χ2v) is 5.28. The van der Waals surface area contributed by atoms with E-state index < -0.39 is 0 Å². The molecule has 5 nitrogen and oxygen atoms in total. The van der Waals surface area contributed by atoms with Crippen molar-refractivity contribution in [2.24, 2.45) is 0 Å². The summed E-state index contributed by atoms with van der Waals surface area (Å²) in [5.41, 5.74) is 1.15. The summed E-state index contributed by atoms with van der Waals surface area (Å²) in [7, 11) is 0. The Hall–Kier alpha value is -2.14. The lowest BCUT2D eigenvalue weighted by atomic mass is 10.1. The molecule has 0 spiro atoms. The number of benzene rings is 1. The molecule has 1 aliphatic heterocycles. The summed E-state index contributed by atoms with van der Waals surface area (Å²) >= 11 is 0. The van der Waals surface area contributed by atoms with Gasteiger partial charge in [0.2, 0.25) is 0 Å². The first-order valence-corrected chi connectivity index (χ1v) is 7.21. The van der Waals surface area contributed by atoms with Crippen LogP contribution in [0.1, 0.15) is 19.3 Å². The van der Waals surface area contributed by atoms with Gasteiger partial charge in [0.25, 0.3) is 0 Å². The Morgan fingerprint density at radius 3 is 2.71 bits per heavy atom. The summed E-state index contributed by atoms with van der Waals surface area (Å²) in [6.07, 6.45) is 5.11. The molecule has 0 bridgehead atoms. The molecule has 0 aliphatic carbocycles. The van der Waals surface area contributed by atoms with Gasteiger partial charge < -0.3 is 9.84 Å². The van der Waals surface area contributed by atoms with E-state index in [4.69, 9.17) is 4.74 Å². The van der Waals surface area contributed by atoms with Gasteiger partial charge in [-0.1, -0.05) is 0 Å². The lowest BCUT2D eigenvalue weighted by Gasteiger charge is -2.23. The Labute approximate surface area is 122 Å². The molecule has 0 radical (unpaired) electrons. The minimum Gasteiger partial charge on any atom is -0.508 e. The van der Waals surface area contributed by atoms with Gasteiger partial charge in [-0.05, 0) is 49.6 Å². The van der Waals surface area contributed by atoms with Crippen molar-refractivity contribution < 1.29 is 9.84 Å². The van der Waals surface area contributed by atoms with E-state index in [1.165, 1.54) is 0 Å². The number of phenolic OH excluding ortho intramolecular Hbond substituents is 1. The van der Waals surface area contributed by atoms with Crippen LogP contribution >= 0.6 is 0 Å². The normalized spacial score (nSPS) is 18.6. The maximum Gasteiger partial charge on any atom is 0.348 e. The smallest absolute Gasteiger partial charge is 0.348 e. The van der Waals surface area contributed by atoms with Crippen LogP contribution in [-0.4, -0.2) is 27.4 Å². The van der Waals surface area contributed by atoms with Gasteiger partial charge >= 0.3 is 5.69 Å². The summed E-state index contributed by atoms with van der Waals surface area (Å²) in [6, 6.07) is 8.46. The molecule has 5 heteroatoms. The maximum atomic E-state index is 12.1. The highest BCUT2D eigenvalue weighted by Crippen LogP contribution is 2.19. The number of ether oxygens (including phenoxy) is 1. The van der Waals surface area contributed by atoms with Crippen molar-refractivity contribution in [3.8, 4) is 17.0 Å². The first-order chi connectivity index (χ1) is 10.2. The summed E-state index contributed by atoms with van der Waals surface area (Å²) in [4.78, 5) is 16.2. The van der Waals surface area contributed by atoms with Gasteiger partial charge in [0.1, 0.15) is 5.75 Å². The molecule has 1 aliphatic rings. The third-order valence-electron chi connectivity index (χ3n) is 3.71. The zero-order valence-electron chi connectivity index (χ0n) is 11.7. The molecular formula is C16H18N2O3. The predicted molar refractivity (Wildman–Crippen MR) is 79.2 cm³/mol. The number of aromatic hydroxyl groups is 1. The average Bonchev–Trinajstić information content (AvgIpc) is 2.51. The molecule has 1 aromatic heterocycles. The number of hydrogen-bond donors (Lipinski definition) is 1. The minimum atomic E-state index is -0.269. The molecule has 1 N–H and O–H groups in total. The lowest BCUT2D eigenvalue weighted by molar-refractivity contribution is 0.00522. The molecule has 1 saturated heterocycles. The standard InChI is InChI=1S/C16H18N2O3/c19-13-6-4-12(5-7-13)15-8-9-18(16(20)17-15)11-14-3-1-2-10-21-14/h4-9,14,19H,1-3,10-11H2. The SMILES string of the molecule is O=c1nc(-c2ccc(O)cc2)ccn1CC1CCCCO1. The predicted octanol–water partition coefficient (Wildman–Crippen LogP) is 2.19. The Morgan fingerprint density at radius 2 is 2.05 bits per heavy atom. The van der Waals surface area contributed by atoms with Crippen LogP contribution in [0.2, 0.25) is 0 Å². The van der Waals surface area contributed by atoms with Gasteiger partial charge in [0.15, 0.2) is 0 Å². The Morgan fingerprint density at radius 1 is 1.24 bits per heavy atom. The van der Waals surface area contributed by atoms with Gasteiger partial charge in [0, 0.05) is 18.4 Å². The molecule has 0 saturated carbocycles. The van der Waals surface area contributed by atoms with E-state index in [1.54, 1.807) is 35.0 Å². The summed E-state index contributed by atoms with van der Waals surface area (Å²) in [6.45, 7) is 1.33. The van der Waals surface area contributed by atoms with E-state index in [0.29, 0.717) is 12.2 Å². The van der Waals surface area contributed by atoms with Gasteiger partial charge in [-0.15, -0.1) is 0 Å². The highest BCUT2D eigenvalue weighted by molar-refractivity contribution is 5.59. The number of aromatic nitrogens is 2. The molecule has 2 heterocycles. The number of rotatable bonds is 3. The first-order valence-electron chi connectivity index (χ1n) is 7.21. The molecule has 21 heavy (non-hydrogen) atoms. The molecule has 110 valence electrons. The number of phenols is 1. The van der Waals surface area contributed by atoms with Crippen molar-refractivity contribution in [2.75, 3.05) is 6.61 Å². The molecule has 3 rings (SSSR count). The quantitative estimate of drug-likeness (QED) is 0.939. The third-order valence-corrected chi connectivity index (χ3v) is 3.71. The van der Waals surface area contributed by atoms with Gasteiger partial charge in [-0.3, -0.25) is 4.57 Å². The molecule has 1 unspecified atom stereocenters. The number of nitrogens with zero attached hydrogens (tertiary/aromatic N) is 2. The third kappa shape index (κ3) is 3.31. The van der Waals surface area contributed by atoms with E-state index >= 15 is 0 Å². The average molecular weight is 286 g/mol. The van der Waals surface area contributed by atoms with Crippen molar-refractivity contribution in [2.45, 2.75) is 31.9 Å². The molecule has 1 atom stereocenters. The van der Waals surface area contributed by atoms with E-state index in [1.807, 2.05) is 6.07 Å². The molecule has 1 aromatic carbocycles. The van der Waals surface area contributed by atoms with Crippen LogP contribution < -0.4 is 5.69 Å². The lowest BCUT2D eigenvalue weighted by Crippen LogP contribution is -2.31. The minimum absolute atomic E-state index is 0.109. The van der Waals surface area contributed by atoms with Crippen molar-refractivity contribution >= 4 is 0 Å². The summed E-state index contributed by atoms with van der Waals surface area (Å²) in [5.74, 6) is 0.196. The van der Waals surface area contributed by atoms with Gasteiger partial charge in [0.05, 0.1) is 18.3 Å². The van der Waals surface area contributed by atoms with E-state index in [9.17, 15) is 9.90 Å². The van der Waals surface area contributed by atoms with Crippen molar-refractivity contribution in [1.82, 2.24) is 9.55 Å². The molecule has 1 fully saturated rings. The second-order valence-electron chi connectivity index (χ2n) is 5.28. The van der Waals surface area contributed by atoms with Crippen LogP contribution in [0.15, 0.2) is 41.3 Å². The van der Waals surface area contributed by atoms with E-state index in [-0.39, 0.29) is 17.5 Å². The van der Waals surface area contributed by atoms with E-state index in [0.717, 1.165) is 31.4 Å². The van der Waals surface area contributed by atoms with E-state index in [2.05, 4.69) is 4.98 Å². The van der Waals surface area contributed by atoms with Gasteiger partial charge in [-0.25, -0.2) is 4.79 Å². The number of hydrogen-bond acceptors (Lipinski definition) is 4. The molecule has 2 aromatic rings. The fourth-order valence-electron chi connectivity index (χ4n) is 2.53. The Bertz CT molecular complexity index is 658. The summed E-state index contributed by atoms with van der Waals surface area (Å²) < 4.78 is 7.25. The van der Waals surface area contributed by atoms with Crippen LogP contribution in [0.5, 0.6) is 5.75 Å². The van der Waals surface area contributed by atoms with Crippen LogP contribution in [0.3, 0.4) is 0 Å². The monoisotopic (exact) mass is 286 g/mol. The van der Waals surface area contributed by atoms with Gasteiger partial charge in [-0.2, -0.15) is 4.98 Å². The Balaban J connectivity index is 1.79. The van der Waals surface area contributed by atoms with Crippen molar-refractivity contribution in [3.05, 3.63) is 47.0 Å². The zero-order chi connectivity index (χ0) is 14.7. The highest BCUT2D eigenvalue weighted by Gasteiger charge is 2.15. The zero-order valence-corrected chi connectivity index (χ0v) is 11.7. The second kappa shape index (κ2) is 6.10. The van der Waals surface area contributed by atoms with Crippen LogP contribution in [0, 0.1) is 0 Å².